The zero-order valence-corrected chi connectivity index (χ0v) is 15.9. The van der Waals surface area contributed by atoms with Crippen molar-refractivity contribution < 1.29 is 18.7 Å². The van der Waals surface area contributed by atoms with Gasteiger partial charge in [-0.15, -0.1) is 0 Å². The van der Waals surface area contributed by atoms with Crippen molar-refractivity contribution >= 4 is 22.8 Å². The van der Waals surface area contributed by atoms with E-state index in [1.807, 2.05) is 6.92 Å². The molecule has 0 unspecified atom stereocenters. The summed E-state index contributed by atoms with van der Waals surface area (Å²) >= 11 is 0. The standard InChI is InChI=1S/C21H25NO5/c1-12-7-8-18-15(9-12)17(23)10-19(27-18)21(25)26-11-20(24)22-16-6-4-5-13(2)14(16)3/h7-10,13-14,16H,4-6,11H2,1-3H3,(H,22,24)/t13-,14-,16-/m0/s1. The summed E-state index contributed by atoms with van der Waals surface area (Å²) in [6, 6.07) is 6.34. The highest BCUT2D eigenvalue weighted by Crippen LogP contribution is 2.29. The van der Waals surface area contributed by atoms with E-state index in [9.17, 15) is 14.4 Å². The van der Waals surface area contributed by atoms with Gasteiger partial charge in [-0.05, 0) is 37.3 Å². The van der Waals surface area contributed by atoms with E-state index in [0.717, 1.165) is 24.5 Å². The molecule has 0 radical (unpaired) electrons. The number of aryl methyl sites for hydroxylation is 1. The van der Waals surface area contributed by atoms with Crippen molar-refractivity contribution in [2.45, 2.75) is 46.1 Å². The van der Waals surface area contributed by atoms with Crippen molar-refractivity contribution in [3.63, 3.8) is 0 Å². The smallest absolute Gasteiger partial charge is 0.374 e. The SMILES string of the molecule is Cc1ccc2oc(C(=O)OCC(=O)N[C@H]3CCC[C@H](C)[C@@H]3C)cc(=O)c2c1. The van der Waals surface area contributed by atoms with Crippen LogP contribution in [0.4, 0.5) is 0 Å². The zero-order chi connectivity index (χ0) is 19.6. The van der Waals surface area contributed by atoms with Crippen molar-refractivity contribution in [1.82, 2.24) is 5.32 Å². The van der Waals surface area contributed by atoms with Crippen LogP contribution in [0, 0.1) is 18.8 Å². The van der Waals surface area contributed by atoms with E-state index in [0.29, 0.717) is 22.8 Å². The molecule has 1 aliphatic carbocycles. The van der Waals surface area contributed by atoms with Crippen LogP contribution < -0.4 is 10.7 Å². The molecule has 1 saturated carbocycles. The quantitative estimate of drug-likeness (QED) is 0.834. The lowest BCUT2D eigenvalue weighted by atomic mass is 9.78. The highest BCUT2D eigenvalue weighted by atomic mass is 16.5. The largest absolute Gasteiger partial charge is 0.450 e. The van der Waals surface area contributed by atoms with Gasteiger partial charge in [-0.1, -0.05) is 38.3 Å². The minimum atomic E-state index is -0.824. The Hall–Kier alpha value is -2.63. The molecule has 0 bridgehead atoms. The molecule has 1 heterocycles. The molecule has 1 fully saturated rings. The summed E-state index contributed by atoms with van der Waals surface area (Å²) in [5.41, 5.74) is 0.920. The summed E-state index contributed by atoms with van der Waals surface area (Å²) in [5, 5.41) is 3.35. The molecule has 2 aromatic rings. The van der Waals surface area contributed by atoms with E-state index in [1.54, 1.807) is 18.2 Å². The number of rotatable bonds is 4. The van der Waals surface area contributed by atoms with Crippen molar-refractivity contribution in [3.05, 3.63) is 45.8 Å². The monoisotopic (exact) mass is 371 g/mol. The van der Waals surface area contributed by atoms with Crippen LogP contribution in [-0.4, -0.2) is 24.5 Å². The van der Waals surface area contributed by atoms with Gasteiger partial charge in [0, 0.05) is 12.1 Å². The van der Waals surface area contributed by atoms with Gasteiger partial charge in [-0.25, -0.2) is 4.79 Å². The zero-order valence-electron chi connectivity index (χ0n) is 15.9. The Morgan fingerprint density at radius 2 is 2.00 bits per heavy atom. The van der Waals surface area contributed by atoms with Crippen molar-refractivity contribution in [2.75, 3.05) is 6.61 Å². The Morgan fingerprint density at radius 3 is 2.78 bits per heavy atom. The second-order valence-electron chi connectivity index (χ2n) is 7.49. The van der Waals surface area contributed by atoms with Crippen molar-refractivity contribution in [2.24, 2.45) is 11.8 Å². The summed E-state index contributed by atoms with van der Waals surface area (Å²) in [6.07, 6.45) is 3.19. The van der Waals surface area contributed by atoms with Crippen molar-refractivity contribution in [3.8, 4) is 0 Å². The summed E-state index contributed by atoms with van der Waals surface area (Å²) in [7, 11) is 0. The molecule has 1 amide bonds. The van der Waals surface area contributed by atoms with Crippen molar-refractivity contribution in [1.29, 1.82) is 0 Å². The minimum Gasteiger partial charge on any atom is -0.450 e. The number of hydrogen-bond donors (Lipinski definition) is 1. The molecule has 6 nitrogen and oxygen atoms in total. The first kappa shape index (κ1) is 19.1. The van der Waals surface area contributed by atoms with Gasteiger partial charge in [-0.2, -0.15) is 0 Å². The lowest BCUT2D eigenvalue weighted by Gasteiger charge is -2.34. The predicted molar refractivity (Wildman–Crippen MR) is 102 cm³/mol. The van der Waals surface area contributed by atoms with Crippen LogP contribution in [0.1, 0.15) is 49.2 Å². The third kappa shape index (κ3) is 4.38. The normalized spacial score (nSPS) is 22.4. The fraction of sp³-hybridized carbons (Fsp3) is 0.476. The Labute approximate surface area is 157 Å². The highest BCUT2D eigenvalue weighted by molar-refractivity contribution is 5.90. The van der Waals surface area contributed by atoms with Gasteiger partial charge in [-0.3, -0.25) is 9.59 Å². The molecular weight excluding hydrogens is 346 g/mol. The summed E-state index contributed by atoms with van der Waals surface area (Å²) in [6.45, 7) is 5.79. The number of amides is 1. The van der Waals surface area contributed by atoms with Gasteiger partial charge in [0.15, 0.2) is 12.0 Å². The van der Waals surface area contributed by atoms with Crippen LogP contribution in [0.15, 0.2) is 33.5 Å². The second kappa shape index (κ2) is 7.94. The number of carbonyl (C=O) groups excluding carboxylic acids is 2. The number of ether oxygens (including phenoxy) is 1. The number of fused-ring (bicyclic) bond motifs is 1. The van der Waals surface area contributed by atoms with E-state index >= 15 is 0 Å². The van der Waals surface area contributed by atoms with E-state index < -0.39 is 12.6 Å². The first-order chi connectivity index (χ1) is 12.8. The Kier molecular flexibility index (Phi) is 5.63. The van der Waals surface area contributed by atoms with E-state index in [1.165, 1.54) is 6.42 Å². The molecule has 1 aliphatic rings. The van der Waals surface area contributed by atoms with Gasteiger partial charge in [0.1, 0.15) is 5.58 Å². The lowest BCUT2D eigenvalue weighted by molar-refractivity contribution is -0.125. The molecule has 3 rings (SSSR count). The molecule has 0 spiro atoms. The first-order valence-electron chi connectivity index (χ1n) is 9.36. The molecule has 1 aromatic carbocycles. The van der Waals surface area contributed by atoms with Crippen LogP contribution >= 0.6 is 0 Å². The lowest BCUT2D eigenvalue weighted by Crippen LogP contribution is -2.45. The predicted octanol–water partition coefficient (Wildman–Crippen LogP) is 3.20. The first-order valence-corrected chi connectivity index (χ1v) is 9.36. The maximum atomic E-state index is 12.2. The minimum absolute atomic E-state index is 0.0989. The van der Waals surface area contributed by atoms with Crippen LogP contribution in [-0.2, 0) is 9.53 Å². The molecule has 1 N–H and O–H groups in total. The average molecular weight is 371 g/mol. The Bertz CT molecular complexity index is 916. The molecule has 1 aromatic heterocycles. The Balaban J connectivity index is 1.62. The summed E-state index contributed by atoms with van der Waals surface area (Å²) < 4.78 is 10.5. The third-order valence-corrected chi connectivity index (χ3v) is 5.47. The third-order valence-electron chi connectivity index (χ3n) is 5.47. The number of esters is 1. The topological polar surface area (TPSA) is 85.6 Å². The number of benzene rings is 1. The maximum absolute atomic E-state index is 12.2. The molecule has 3 atom stereocenters. The molecular formula is C21H25NO5. The van der Waals surface area contributed by atoms with Crippen LogP contribution in [0.3, 0.4) is 0 Å². The molecule has 27 heavy (non-hydrogen) atoms. The number of carbonyl (C=O) groups is 2. The van der Waals surface area contributed by atoms with Crippen LogP contribution in [0.2, 0.25) is 0 Å². The average Bonchev–Trinajstić information content (AvgIpc) is 2.64. The van der Waals surface area contributed by atoms with Crippen LogP contribution in [0.25, 0.3) is 11.0 Å². The molecule has 0 saturated heterocycles. The van der Waals surface area contributed by atoms with Gasteiger partial charge in [0.25, 0.3) is 5.91 Å². The molecule has 144 valence electrons. The fourth-order valence-corrected chi connectivity index (χ4v) is 3.61. The molecule has 0 aliphatic heterocycles. The van der Waals surface area contributed by atoms with Crippen LogP contribution in [0.5, 0.6) is 0 Å². The van der Waals surface area contributed by atoms with Gasteiger partial charge in [0.05, 0.1) is 5.39 Å². The van der Waals surface area contributed by atoms with Gasteiger partial charge < -0.3 is 14.5 Å². The number of nitrogens with one attached hydrogen (secondary N) is 1. The fourth-order valence-electron chi connectivity index (χ4n) is 3.61. The highest BCUT2D eigenvalue weighted by Gasteiger charge is 2.28. The maximum Gasteiger partial charge on any atom is 0.374 e. The van der Waals surface area contributed by atoms with E-state index in [2.05, 4.69) is 19.2 Å². The second-order valence-corrected chi connectivity index (χ2v) is 7.49. The summed E-state index contributed by atoms with van der Waals surface area (Å²) in [4.78, 5) is 36.5. The number of hydrogen-bond acceptors (Lipinski definition) is 5. The van der Waals surface area contributed by atoms with Gasteiger partial charge >= 0.3 is 5.97 Å². The van der Waals surface area contributed by atoms with E-state index in [4.69, 9.17) is 9.15 Å². The molecule has 6 heteroatoms. The van der Waals surface area contributed by atoms with Gasteiger partial charge in [0.2, 0.25) is 5.76 Å². The summed E-state index contributed by atoms with van der Waals surface area (Å²) in [5.74, 6) is -0.422. The Morgan fingerprint density at radius 1 is 1.22 bits per heavy atom. The van der Waals surface area contributed by atoms with E-state index in [-0.39, 0.29) is 23.1 Å².